The fourth-order valence-electron chi connectivity index (χ4n) is 4.89. The summed E-state index contributed by atoms with van der Waals surface area (Å²) in [5.41, 5.74) is 8.34. The third-order valence-electron chi connectivity index (χ3n) is 7.06. The zero-order valence-corrected chi connectivity index (χ0v) is 20.6. The monoisotopic (exact) mass is 431 g/mol. The number of fused-ring (bicyclic) bond motifs is 1. The van der Waals surface area contributed by atoms with Crippen LogP contribution < -0.4 is 5.73 Å². The van der Waals surface area contributed by atoms with Crippen LogP contribution in [0.4, 0.5) is 0 Å². The maximum atomic E-state index is 6.98. The topological polar surface area (TPSA) is 26.0 Å². The molecule has 2 aromatic rings. The van der Waals surface area contributed by atoms with Gasteiger partial charge >= 0.3 is 0 Å². The molecule has 2 heteroatoms. The van der Waals surface area contributed by atoms with Gasteiger partial charge in [0.05, 0.1) is 0 Å². The van der Waals surface area contributed by atoms with E-state index >= 15 is 0 Å². The van der Waals surface area contributed by atoms with Crippen molar-refractivity contribution in [3.8, 4) is 0 Å². The Kier molecular flexibility index (Phi) is 13.4. The molecule has 2 rings (SSSR count). The van der Waals surface area contributed by atoms with E-state index in [-0.39, 0.29) is 17.9 Å². The first kappa shape index (κ1) is 27.0. The van der Waals surface area contributed by atoms with E-state index in [0.29, 0.717) is 5.92 Å². The molecule has 0 heterocycles. The van der Waals surface area contributed by atoms with Gasteiger partial charge < -0.3 is 5.73 Å². The smallest absolute Gasteiger partial charge is 0.0218 e. The highest BCUT2D eigenvalue weighted by Gasteiger charge is 2.33. The molecule has 0 aliphatic heterocycles. The van der Waals surface area contributed by atoms with Gasteiger partial charge in [0, 0.05) is 11.5 Å². The second-order valence-corrected chi connectivity index (χ2v) is 9.03. The van der Waals surface area contributed by atoms with Crippen LogP contribution in [0, 0.1) is 0 Å². The third kappa shape index (κ3) is 7.89. The van der Waals surface area contributed by atoms with Crippen LogP contribution in [0.5, 0.6) is 0 Å². The Morgan fingerprint density at radius 2 is 1.23 bits per heavy atom. The van der Waals surface area contributed by atoms with Crippen molar-refractivity contribution < 1.29 is 0 Å². The van der Waals surface area contributed by atoms with Gasteiger partial charge in [0.2, 0.25) is 0 Å². The zero-order chi connectivity index (χ0) is 21.0. The molecule has 2 N–H and O–H groups in total. The lowest BCUT2D eigenvalue weighted by Gasteiger charge is -2.37. The van der Waals surface area contributed by atoms with Gasteiger partial charge in [0.1, 0.15) is 0 Å². The fraction of sp³-hybridized carbons (Fsp3) is 0.643. The SMILES string of the molecule is CCCCCCCCCCCCC(c1cccc2ccccc12)C(N)(CC)CC.Cl. The first-order valence-electron chi connectivity index (χ1n) is 12.4. The molecule has 0 fully saturated rings. The lowest BCUT2D eigenvalue weighted by atomic mass is 9.72. The number of rotatable bonds is 15. The van der Waals surface area contributed by atoms with Crippen LogP contribution in [0.3, 0.4) is 0 Å². The molecular formula is C28H46ClN. The first-order chi connectivity index (χ1) is 14.2. The molecule has 1 nitrogen and oxygen atoms in total. The highest BCUT2D eigenvalue weighted by molar-refractivity contribution is 5.86. The summed E-state index contributed by atoms with van der Waals surface area (Å²) in [6, 6.07) is 15.6. The molecule has 0 saturated heterocycles. The Morgan fingerprint density at radius 3 is 1.83 bits per heavy atom. The highest BCUT2D eigenvalue weighted by Crippen LogP contribution is 2.39. The van der Waals surface area contributed by atoms with Gasteiger partial charge in [0.15, 0.2) is 0 Å². The summed E-state index contributed by atoms with van der Waals surface area (Å²) in [5.74, 6) is 0.442. The molecule has 1 atom stereocenters. The number of benzene rings is 2. The second kappa shape index (κ2) is 14.9. The van der Waals surface area contributed by atoms with Gasteiger partial charge in [-0.2, -0.15) is 0 Å². The molecule has 0 amide bonds. The average molecular weight is 432 g/mol. The highest BCUT2D eigenvalue weighted by atomic mass is 35.5. The van der Waals surface area contributed by atoms with E-state index in [4.69, 9.17) is 5.73 Å². The number of nitrogens with two attached hydrogens (primary N) is 1. The summed E-state index contributed by atoms with van der Waals surface area (Å²) in [5, 5.41) is 2.73. The van der Waals surface area contributed by atoms with Crippen LogP contribution in [-0.2, 0) is 0 Å². The van der Waals surface area contributed by atoms with E-state index in [1.54, 1.807) is 0 Å². The maximum absolute atomic E-state index is 6.98. The number of hydrogen-bond acceptors (Lipinski definition) is 1. The van der Waals surface area contributed by atoms with E-state index < -0.39 is 0 Å². The summed E-state index contributed by atoms with van der Waals surface area (Å²) in [7, 11) is 0. The standard InChI is InChI=1S/C28H45N.ClH/c1-4-7-8-9-10-11-12-13-14-15-23-27(28(29,5-2)6-3)26-22-18-20-24-19-16-17-21-25(24)26;/h16-22,27H,4-15,23,29H2,1-3H3;1H. The van der Waals surface area contributed by atoms with Crippen molar-refractivity contribution in [3.05, 3.63) is 48.0 Å². The Bertz CT molecular complexity index is 687. The average Bonchev–Trinajstić information content (AvgIpc) is 2.77. The maximum Gasteiger partial charge on any atom is 0.0218 e. The molecule has 0 spiro atoms. The van der Waals surface area contributed by atoms with Gasteiger partial charge in [-0.25, -0.2) is 0 Å². The van der Waals surface area contributed by atoms with E-state index in [9.17, 15) is 0 Å². The van der Waals surface area contributed by atoms with E-state index in [0.717, 1.165) is 12.8 Å². The Balaban J connectivity index is 0.00000450. The molecular weight excluding hydrogens is 386 g/mol. The van der Waals surface area contributed by atoms with Crippen molar-refractivity contribution in [2.24, 2.45) is 5.73 Å². The molecule has 0 aliphatic carbocycles. The van der Waals surface area contributed by atoms with Gasteiger partial charge in [-0.05, 0) is 35.6 Å². The summed E-state index contributed by atoms with van der Waals surface area (Å²) in [6.07, 6.45) is 17.2. The molecule has 0 aromatic heterocycles. The Labute approximate surface area is 192 Å². The number of hydrogen-bond donors (Lipinski definition) is 1. The summed E-state index contributed by atoms with van der Waals surface area (Å²) in [4.78, 5) is 0. The van der Waals surface area contributed by atoms with Crippen molar-refractivity contribution in [3.63, 3.8) is 0 Å². The second-order valence-electron chi connectivity index (χ2n) is 9.03. The molecule has 2 aromatic carbocycles. The van der Waals surface area contributed by atoms with Crippen molar-refractivity contribution >= 4 is 23.2 Å². The molecule has 170 valence electrons. The minimum Gasteiger partial charge on any atom is -0.325 e. The minimum absolute atomic E-state index is 0. The number of halogens is 1. The van der Waals surface area contributed by atoms with Crippen molar-refractivity contribution in [2.45, 2.75) is 116 Å². The van der Waals surface area contributed by atoms with Crippen LogP contribution in [0.1, 0.15) is 116 Å². The molecule has 0 radical (unpaired) electrons. The Morgan fingerprint density at radius 1 is 0.700 bits per heavy atom. The number of unbranched alkanes of at least 4 members (excludes halogenated alkanes) is 9. The van der Waals surface area contributed by atoms with Crippen molar-refractivity contribution in [1.29, 1.82) is 0 Å². The largest absolute Gasteiger partial charge is 0.325 e. The van der Waals surface area contributed by atoms with Crippen LogP contribution in [0.15, 0.2) is 42.5 Å². The normalized spacial score (nSPS) is 12.7. The van der Waals surface area contributed by atoms with E-state index in [1.165, 1.54) is 87.0 Å². The zero-order valence-electron chi connectivity index (χ0n) is 19.8. The summed E-state index contributed by atoms with van der Waals surface area (Å²) >= 11 is 0. The molecule has 0 bridgehead atoms. The van der Waals surface area contributed by atoms with E-state index in [2.05, 4.69) is 63.2 Å². The van der Waals surface area contributed by atoms with Crippen molar-refractivity contribution in [2.75, 3.05) is 0 Å². The van der Waals surface area contributed by atoms with Crippen LogP contribution in [-0.4, -0.2) is 5.54 Å². The summed E-state index contributed by atoms with van der Waals surface area (Å²) in [6.45, 7) is 6.82. The molecule has 0 aliphatic rings. The molecule has 0 saturated carbocycles. The van der Waals surface area contributed by atoms with Gasteiger partial charge in [-0.1, -0.05) is 127 Å². The van der Waals surface area contributed by atoms with Gasteiger partial charge in [-0.3, -0.25) is 0 Å². The fourth-order valence-corrected chi connectivity index (χ4v) is 4.89. The predicted molar refractivity (Wildman–Crippen MR) is 138 cm³/mol. The van der Waals surface area contributed by atoms with Crippen molar-refractivity contribution in [1.82, 2.24) is 0 Å². The third-order valence-corrected chi connectivity index (χ3v) is 7.06. The van der Waals surface area contributed by atoms with Gasteiger partial charge in [0.25, 0.3) is 0 Å². The van der Waals surface area contributed by atoms with Crippen LogP contribution in [0.25, 0.3) is 10.8 Å². The molecule has 1 unspecified atom stereocenters. The van der Waals surface area contributed by atoms with E-state index in [1.807, 2.05) is 0 Å². The first-order valence-corrected chi connectivity index (χ1v) is 12.4. The minimum atomic E-state index is -0.108. The van der Waals surface area contributed by atoms with Gasteiger partial charge in [-0.15, -0.1) is 12.4 Å². The predicted octanol–water partition coefficient (Wildman–Crippen LogP) is 9.17. The quantitative estimate of drug-likeness (QED) is 0.279. The van der Waals surface area contributed by atoms with Crippen LogP contribution >= 0.6 is 12.4 Å². The summed E-state index contributed by atoms with van der Waals surface area (Å²) < 4.78 is 0. The molecule has 30 heavy (non-hydrogen) atoms. The van der Waals surface area contributed by atoms with Crippen LogP contribution in [0.2, 0.25) is 0 Å². The Hall–Kier alpha value is -1.05. The lowest BCUT2D eigenvalue weighted by molar-refractivity contribution is 0.301. The lowest BCUT2D eigenvalue weighted by Crippen LogP contribution is -2.44.